The summed E-state index contributed by atoms with van der Waals surface area (Å²) in [7, 11) is 9.65. The van der Waals surface area contributed by atoms with E-state index in [1.807, 2.05) is 82.3 Å². The van der Waals surface area contributed by atoms with Crippen LogP contribution in [0.25, 0.3) is 44.9 Å². The lowest BCUT2D eigenvalue weighted by molar-refractivity contribution is -0.116. The first-order valence-electron chi connectivity index (χ1n) is 20.2. The molecule has 346 valence electrons. The topological polar surface area (TPSA) is 192 Å². The van der Waals surface area contributed by atoms with Crippen LogP contribution in [-0.4, -0.2) is 97.0 Å². The molecule has 0 bridgehead atoms. The van der Waals surface area contributed by atoms with Crippen LogP contribution < -0.4 is 30.0 Å². The highest BCUT2D eigenvalue weighted by Gasteiger charge is 2.19. The van der Waals surface area contributed by atoms with Crippen molar-refractivity contribution in [2.45, 2.75) is 40.5 Å². The number of hydrogen-bond donors (Lipinski definition) is 3. The summed E-state index contributed by atoms with van der Waals surface area (Å²) in [6, 6.07) is 19.2. The lowest BCUT2D eigenvalue weighted by atomic mass is 9.98. The van der Waals surface area contributed by atoms with Gasteiger partial charge in [0.1, 0.15) is 23.0 Å². The van der Waals surface area contributed by atoms with E-state index in [-0.39, 0.29) is 24.9 Å². The molecule has 2 heterocycles. The molecule has 0 saturated heterocycles. The number of ether oxygens (including phenoxy) is 7. The third-order valence-electron chi connectivity index (χ3n) is 10.1. The van der Waals surface area contributed by atoms with E-state index in [0.717, 1.165) is 67.1 Å². The number of aliphatic hydroxyl groups is 1. The number of amides is 1. The molecule has 0 unspecified atom stereocenters. The van der Waals surface area contributed by atoms with Crippen molar-refractivity contribution in [2.75, 3.05) is 86.7 Å². The smallest absolute Gasteiger partial charge is 0.224 e. The van der Waals surface area contributed by atoms with Gasteiger partial charge in [-0.05, 0) is 116 Å². The van der Waals surface area contributed by atoms with Gasteiger partial charge < -0.3 is 58.4 Å². The van der Waals surface area contributed by atoms with E-state index in [1.54, 1.807) is 55.1 Å². The molecular weight excluding hydrogens is 844 g/mol. The molecule has 16 heteroatoms. The number of aryl methyl sites for hydroxylation is 2. The van der Waals surface area contributed by atoms with Crippen LogP contribution in [0.4, 0.5) is 11.4 Å². The fourth-order valence-corrected chi connectivity index (χ4v) is 6.41. The molecular formula is C48H61ClN4O11. The zero-order valence-electron chi connectivity index (χ0n) is 38.3. The highest BCUT2D eigenvalue weighted by molar-refractivity contribution is 5.94. The number of nitrogens with two attached hydrogens (primary N) is 1. The summed E-state index contributed by atoms with van der Waals surface area (Å²) < 4.78 is 47.6. The first kappa shape index (κ1) is 52.2. The largest absolute Gasteiger partial charge is 0.496 e. The Bertz CT molecular complexity index is 2380. The van der Waals surface area contributed by atoms with Crippen LogP contribution >= 0.6 is 12.4 Å². The molecule has 4 N–H and O–H groups in total. The highest BCUT2D eigenvalue weighted by atomic mass is 35.5. The molecule has 0 saturated carbocycles. The van der Waals surface area contributed by atoms with Crippen LogP contribution in [0.3, 0.4) is 0 Å². The first-order chi connectivity index (χ1) is 30.4. The minimum atomic E-state index is -0.116. The molecule has 0 aliphatic rings. The molecule has 15 nitrogen and oxygen atoms in total. The predicted molar refractivity (Wildman–Crippen MR) is 251 cm³/mol. The second kappa shape index (κ2) is 26.5. The fourth-order valence-electron chi connectivity index (χ4n) is 6.41. The number of nitrogen functional groups attached to an aromatic ring is 1. The van der Waals surface area contributed by atoms with Crippen molar-refractivity contribution in [3.05, 3.63) is 95.3 Å². The van der Waals surface area contributed by atoms with Gasteiger partial charge in [-0.25, -0.2) is 0 Å². The molecule has 0 spiro atoms. The van der Waals surface area contributed by atoms with Crippen LogP contribution in [0.2, 0.25) is 0 Å². The highest BCUT2D eigenvalue weighted by Crippen LogP contribution is 2.40. The van der Waals surface area contributed by atoms with Crippen LogP contribution in [0.15, 0.2) is 82.1 Å². The molecule has 0 aliphatic carbocycles. The van der Waals surface area contributed by atoms with Crippen LogP contribution in [-0.2, 0) is 19.0 Å². The maximum absolute atomic E-state index is 12.5. The molecule has 0 atom stereocenters. The van der Waals surface area contributed by atoms with E-state index in [4.69, 9.17) is 48.3 Å². The van der Waals surface area contributed by atoms with E-state index in [0.29, 0.717) is 73.7 Å². The molecule has 0 fully saturated rings. The van der Waals surface area contributed by atoms with Crippen molar-refractivity contribution in [1.82, 2.24) is 10.3 Å². The van der Waals surface area contributed by atoms with Gasteiger partial charge in [0.2, 0.25) is 5.91 Å². The van der Waals surface area contributed by atoms with Crippen molar-refractivity contribution in [3.63, 3.8) is 0 Å². The van der Waals surface area contributed by atoms with Gasteiger partial charge >= 0.3 is 0 Å². The Balaban J connectivity index is 0.000000316. The van der Waals surface area contributed by atoms with Gasteiger partial charge in [0.15, 0.2) is 11.5 Å². The van der Waals surface area contributed by atoms with E-state index in [9.17, 15) is 4.79 Å². The van der Waals surface area contributed by atoms with E-state index >= 15 is 0 Å². The predicted octanol–water partition coefficient (Wildman–Crippen LogP) is 9.30. The zero-order chi connectivity index (χ0) is 45.9. The Labute approximate surface area is 381 Å². The lowest BCUT2D eigenvalue weighted by Crippen LogP contribution is -2.13. The summed E-state index contributed by atoms with van der Waals surface area (Å²) in [5, 5.41) is 18.9. The number of aromatic nitrogens is 2. The summed E-state index contributed by atoms with van der Waals surface area (Å²) in [6.07, 6.45) is 4.31. The van der Waals surface area contributed by atoms with Gasteiger partial charge in [-0.1, -0.05) is 22.4 Å². The number of carbonyl (C=O) groups is 1. The molecule has 6 aromatic rings. The number of hydrogen-bond acceptors (Lipinski definition) is 14. The number of rotatable bonds is 18. The number of anilines is 2. The normalized spacial score (nSPS) is 10.4. The van der Waals surface area contributed by atoms with Crippen LogP contribution in [0, 0.1) is 27.7 Å². The number of nitrogens with zero attached hydrogens (tertiary/aromatic N) is 2. The monoisotopic (exact) mass is 904 g/mol. The number of nitrogens with one attached hydrogen (secondary N) is 1. The van der Waals surface area contributed by atoms with Gasteiger partial charge in [-0.3, -0.25) is 4.79 Å². The minimum absolute atomic E-state index is 0. The second-order valence-electron chi connectivity index (χ2n) is 14.2. The number of halogens is 1. The van der Waals surface area contributed by atoms with Gasteiger partial charge in [-0.2, -0.15) is 0 Å². The Kier molecular flexibility index (Phi) is 21.6. The number of methoxy groups -OCH3 is 6. The average Bonchev–Trinajstić information content (AvgIpc) is 3.99. The molecule has 64 heavy (non-hydrogen) atoms. The Morgan fingerprint density at radius 2 is 1.12 bits per heavy atom. The van der Waals surface area contributed by atoms with Crippen LogP contribution in [0.1, 0.15) is 35.1 Å². The summed E-state index contributed by atoms with van der Waals surface area (Å²) >= 11 is 0. The first-order valence-corrected chi connectivity index (χ1v) is 20.2. The van der Waals surface area contributed by atoms with Crippen molar-refractivity contribution >= 4 is 29.7 Å². The van der Waals surface area contributed by atoms with E-state index < -0.39 is 0 Å². The molecule has 1 amide bonds. The van der Waals surface area contributed by atoms with Crippen molar-refractivity contribution in [1.29, 1.82) is 0 Å². The quantitative estimate of drug-likeness (QED) is 0.0546. The van der Waals surface area contributed by atoms with Gasteiger partial charge in [0.25, 0.3) is 0 Å². The van der Waals surface area contributed by atoms with E-state index in [1.165, 1.54) is 0 Å². The van der Waals surface area contributed by atoms with E-state index in [2.05, 4.69) is 26.4 Å². The Morgan fingerprint density at radius 1 is 0.625 bits per heavy atom. The van der Waals surface area contributed by atoms with Crippen molar-refractivity contribution < 1.29 is 52.1 Å². The molecule has 0 aliphatic heterocycles. The summed E-state index contributed by atoms with van der Waals surface area (Å²) in [5.74, 6) is 4.00. The second-order valence-corrected chi connectivity index (χ2v) is 14.2. The minimum Gasteiger partial charge on any atom is -0.496 e. The maximum atomic E-state index is 12.5. The molecule has 2 aromatic heterocycles. The van der Waals surface area contributed by atoms with Crippen molar-refractivity contribution in [3.8, 4) is 67.9 Å². The fraction of sp³-hybridized carbons (Fsp3) is 0.354. The third kappa shape index (κ3) is 13.9. The maximum Gasteiger partial charge on any atom is 0.224 e. The van der Waals surface area contributed by atoms with Crippen molar-refractivity contribution in [2.24, 2.45) is 0 Å². The number of aliphatic hydroxyl groups excluding tert-OH is 1. The van der Waals surface area contributed by atoms with Crippen LogP contribution in [0.5, 0.6) is 23.0 Å². The standard InChI is InChI=1S/C26H32N2O6.C19H20N2O3.C3H8O2.ClH/c1-17-13-20(15-24(32-5)18(17)2)26-21(16-27-34-26)19-8-9-23(31-4)22(14-19)28-25(29)7-6-10-33-12-11-30-3;1-11-7-14(9-18(23-4)12(11)2)19-15(10-21-24-19)13-5-6-17(22-3)16(20)8-13;1-5-3-2-4;/h8-9,13-16H,6-7,10-12H2,1-5H3,(H,28,29);5-10H,20H2,1-4H3;4H,2-3H2,1H3;1H. The number of benzene rings is 4. The summed E-state index contributed by atoms with van der Waals surface area (Å²) in [6.45, 7) is 10.2. The zero-order valence-corrected chi connectivity index (χ0v) is 39.1. The average molecular weight is 905 g/mol. The van der Waals surface area contributed by atoms with Gasteiger partial charge in [0.05, 0.1) is 78.6 Å². The molecule has 4 aromatic carbocycles. The summed E-state index contributed by atoms with van der Waals surface area (Å²) in [4.78, 5) is 12.5. The SMILES string of the molecule is COCCO.COCCOCCCC(=O)Nc1cc(-c2cnoc2-c2cc(C)c(C)c(OC)c2)ccc1OC.COc1ccc(-c2cnoc2-c2cc(C)c(C)c(OC)c2)cc1N.Cl. The molecule has 6 rings (SSSR count). The lowest BCUT2D eigenvalue weighted by Gasteiger charge is -2.13. The Hall–Kier alpha value is -6.10. The number of carbonyl (C=O) groups excluding carboxylic acids is 1. The molecule has 0 radical (unpaired) electrons. The summed E-state index contributed by atoms with van der Waals surface area (Å²) in [5.41, 5.74) is 16.8. The third-order valence-corrected chi connectivity index (χ3v) is 10.1. The Morgan fingerprint density at radius 3 is 1.58 bits per heavy atom. The van der Waals surface area contributed by atoms with Gasteiger partial charge in [-0.15, -0.1) is 12.4 Å². The van der Waals surface area contributed by atoms with Gasteiger partial charge in [0, 0.05) is 49.5 Å².